The summed E-state index contributed by atoms with van der Waals surface area (Å²) < 4.78 is 0. The Bertz CT molecular complexity index is 551. The number of likely N-dealkylation sites (N-methyl/N-ethyl adjacent to an activating group) is 1. The SMILES string of the molecule is CN1C(=O)C2=CCCN2C(=O)[C@@H]1Cc1ccccc1. The summed E-state index contributed by atoms with van der Waals surface area (Å²) >= 11 is 0. The van der Waals surface area contributed by atoms with Crippen molar-refractivity contribution in [3.8, 4) is 0 Å². The molecule has 2 amide bonds. The molecule has 0 spiro atoms. The van der Waals surface area contributed by atoms with Gasteiger partial charge in [-0.3, -0.25) is 9.59 Å². The molecular formula is C15H16N2O2. The van der Waals surface area contributed by atoms with Crippen LogP contribution in [0.4, 0.5) is 0 Å². The Kier molecular flexibility index (Phi) is 2.85. The molecule has 4 heteroatoms. The largest absolute Gasteiger partial charge is 0.328 e. The fraction of sp³-hybridized carbons (Fsp3) is 0.333. The molecule has 0 saturated carbocycles. The fourth-order valence-corrected chi connectivity index (χ4v) is 2.72. The average molecular weight is 256 g/mol. The predicted molar refractivity (Wildman–Crippen MR) is 71.1 cm³/mol. The summed E-state index contributed by atoms with van der Waals surface area (Å²) in [6.45, 7) is 0.638. The number of hydrogen-bond donors (Lipinski definition) is 0. The minimum Gasteiger partial charge on any atom is -0.328 e. The van der Waals surface area contributed by atoms with E-state index in [9.17, 15) is 9.59 Å². The monoisotopic (exact) mass is 256 g/mol. The van der Waals surface area contributed by atoms with Crippen LogP contribution in [0.5, 0.6) is 0 Å². The van der Waals surface area contributed by atoms with Gasteiger partial charge in [0, 0.05) is 20.0 Å². The van der Waals surface area contributed by atoms with Crippen LogP contribution < -0.4 is 0 Å². The Morgan fingerprint density at radius 2 is 1.95 bits per heavy atom. The Morgan fingerprint density at radius 3 is 2.68 bits per heavy atom. The van der Waals surface area contributed by atoms with Gasteiger partial charge in [0.1, 0.15) is 11.7 Å². The number of fused-ring (bicyclic) bond motifs is 1. The molecular weight excluding hydrogens is 240 g/mol. The summed E-state index contributed by atoms with van der Waals surface area (Å²) in [6.07, 6.45) is 3.21. The highest BCUT2D eigenvalue weighted by Gasteiger charge is 2.42. The van der Waals surface area contributed by atoms with E-state index >= 15 is 0 Å². The van der Waals surface area contributed by atoms with Crippen LogP contribution in [0.3, 0.4) is 0 Å². The van der Waals surface area contributed by atoms with E-state index < -0.39 is 0 Å². The van der Waals surface area contributed by atoms with Crippen molar-refractivity contribution < 1.29 is 9.59 Å². The maximum Gasteiger partial charge on any atom is 0.270 e. The first kappa shape index (κ1) is 12.0. The van der Waals surface area contributed by atoms with Crippen LogP contribution in [0, 0.1) is 0 Å². The Balaban J connectivity index is 1.87. The van der Waals surface area contributed by atoms with Gasteiger partial charge in [0.25, 0.3) is 5.91 Å². The van der Waals surface area contributed by atoms with Crippen molar-refractivity contribution >= 4 is 11.8 Å². The van der Waals surface area contributed by atoms with Crippen molar-refractivity contribution in [2.75, 3.05) is 13.6 Å². The van der Waals surface area contributed by atoms with Gasteiger partial charge in [0.15, 0.2) is 0 Å². The predicted octanol–water partition coefficient (Wildman–Crippen LogP) is 1.19. The molecule has 0 aliphatic carbocycles. The molecule has 0 N–H and O–H groups in total. The standard InChI is InChI=1S/C15H16N2O2/c1-16-13(10-11-6-3-2-4-7-11)15(19)17-9-5-8-12(17)14(16)18/h2-4,6-8,13H,5,9-10H2,1H3/t13-/m0/s1. The van der Waals surface area contributed by atoms with Crippen molar-refractivity contribution in [3.63, 3.8) is 0 Å². The number of nitrogens with zero attached hydrogens (tertiary/aromatic N) is 2. The van der Waals surface area contributed by atoms with Gasteiger partial charge in [-0.2, -0.15) is 0 Å². The lowest BCUT2D eigenvalue weighted by Gasteiger charge is -2.37. The van der Waals surface area contributed by atoms with Crippen LogP contribution in [0.1, 0.15) is 12.0 Å². The van der Waals surface area contributed by atoms with Crippen molar-refractivity contribution in [2.24, 2.45) is 0 Å². The summed E-state index contributed by atoms with van der Waals surface area (Å²) in [4.78, 5) is 27.9. The normalized spacial score (nSPS) is 22.6. The average Bonchev–Trinajstić information content (AvgIpc) is 2.92. The smallest absolute Gasteiger partial charge is 0.270 e. The van der Waals surface area contributed by atoms with Gasteiger partial charge in [-0.25, -0.2) is 0 Å². The highest BCUT2D eigenvalue weighted by molar-refractivity contribution is 6.05. The molecule has 3 rings (SSSR count). The Morgan fingerprint density at radius 1 is 1.21 bits per heavy atom. The van der Waals surface area contributed by atoms with Crippen LogP contribution in [-0.4, -0.2) is 41.2 Å². The third-order valence-electron chi connectivity index (χ3n) is 3.81. The maximum atomic E-state index is 12.5. The number of piperazine rings is 1. The molecule has 4 nitrogen and oxygen atoms in total. The van der Waals surface area contributed by atoms with Crippen molar-refractivity contribution in [1.29, 1.82) is 0 Å². The fourth-order valence-electron chi connectivity index (χ4n) is 2.72. The molecule has 2 heterocycles. The van der Waals surface area contributed by atoms with E-state index in [-0.39, 0.29) is 17.9 Å². The molecule has 1 aromatic rings. The third kappa shape index (κ3) is 1.93. The number of amides is 2. The second kappa shape index (κ2) is 4.53. The highest BCUT2D eigenvalue weighted by atomic mass is 16.2. The van der Waals surface area contributed by atoms with Gasteiger partial charge in [0.2, 0.25) is 5.91 Å². The topological polar surface area (TPSA) is 40.6 Å². The van der Waals surface area contributed by atoms with E-state index in [1.54, 1.807) is 16.8 Å². The summed E-state index contributed by atoms with van der Waals surface area (Å²) in [5.41, 5.74) is 1.63. The van der Waals surface area contributed by atoms with E-state index in [4.69, 9.17) is 0 Å². The lowest BCUT2D eigenvalue weighted by Crippen LogP contribution is -2.56. The minimum atomic E-state index is -0.384. The van der Waals surface area contributed by atoms with E-state index in [0.717, 1.165) is 12.0 Å². The molecule has 0 bridgehead atoms. The maximum absolute atomic E-state index is 12.5. The highest BCUT2D eigenvalue weighted by Crippen LogP contribution is 2.26. The molecule has 1 atom stereocenters. The molecule has 98 valence electrons. The molecule has 1 saturated heterocycles. The van der Waals surface area contributed by atoms with Crippen molar-refractivity contribution in [1.82, 2.24) is 9.80 Å². The van der Waals surface area contributed by atoms with Gasteiger partial charge in [-0.15, -0.1) is 0 Å². The van der Waals surface area contributed by atoms with Gasteiger partial charge < -0.3 is 9.80 Å². The van der Waals surface area contributed by atoms with Crippen LogP contribution in [-0.2, 0) is 16.0 Å². The van der Waals surface area contributed by atoms with Gasteiger partial charge in [-0.05, 0) is 12.0 Å². The van der Waals surface area contributed by atoms with Gasteiger partial charge in [0.05, 0.1) is 0 Å². The summed E-state index contributed by atoms with van der Waals surface area (Å²) in [6, 6.07) is 9.44. The molecule has 0 aromatic heterocycles. The first-order chi connectivity index (χ1) is 9.18. The van der Waals surface area contributed by atoms with Crippen molar-refractivity contribution in [3.05, 3.63) is 47.7 Å². The van der Waals surface area contributed by atoms with Crippen molar-refractivity contribution in [2.45, 2.75) is 18.9 Å². The lowest BCUT2D eigenvalue weighted by molar-refractivity contribution is -0.148. The zero-order valence-electron chi connectivity index (χ0n) is 10.9. The number of rotatable bonds is 2. The lowest BCUT2D eigenvalue weighted by atomic mass is 10.0. The second-order valence-corrected chi connectivity index (χ2v) is 4.99. The first-order valence-electron chi connectivity index (χ1n) is 6.51. The Labute approximate surface area is 112 Å². The number of carbonyl (C=O) groups excluding carboxylic acids is 2. The number of carbonyl (C=O) groups is 2. The minimum absolute atomic E-state index is 0.0368. The molecule has 2 aliphatic heterocycles. The van der Waals surface area contributed by atoms with Gasteiger partial charge in [-0.1, -0.05) is 36.4 Å². The third-order valence-corrected chi connectivity index (χ3v) is 3.81. The van der Waals surface area contributed by atoms with Crippen LogP contribution in [0.15, 0.2) is 42.1 Å². The summed E-state index contributed by atoms with van der Waals surface area (Å²) in [7, 11) is 1.71. The summed E-state index contributed by atoms with van der Waals surface area (Å²) in [5.74, 6) is -0.00673. The molecule has 2 aliphatic rings. The quantitative estimate of drug-likeness (QED) is 0.797. The number of hydrogen-bond acceptors (Lipinski definition) is 2. The summed E-state index contributed by atoms with van der Waals surface area (Å²) in [5, 5.41) is 0. The van der Waals surface area contributed by atoms with Gasteiger partial charge >= 0.3 is 0 Å². The second-order valence-electron chi connectivity index (χ2n) is 4.99. The Hall–Kier alpha value is -2.10. The van der Waals surface area contributed by atoms with E-state index in [1.165, 1.54) is 0 Å². The molecule has 0 unspecified atom stereocenters. The zero-order chi connectivity index (χ0) is 13.4. The molecule has 0 radical (unpaired) electrons. The first-order valence-corrected chi connectivity index (χ1v) is 6.51. The molecule has 1 fully saturated rings. The van der Waals surface area contributed by atoms with E-state index in [1.807, 2.05) is 36.4 Å². The van der Waals surface area contributed by atoms with E-state index in [0.29, 0.717) is 18.7 Å². The molecule has 1 aromatic carbocycles. The van der Waals surface area contributed by atoms with Crippen LogP contribution in [0.2, 0.25) is 0 Å². The van der Waals surface area contributed by atoms with Crippen LogP contribution in [0.25, 0.3) is 0 Å². The van der Waals surface area contributed by atoms with E-state index in [2.05, 4.69) is 0 Å². The number of benzene rings is 1. The van der Waals surface area contributed by atoms with Crippen LogP contribution >= 0.6 is 0 Å². The zero-order valence-corrected chi connectivity index (χ0v) is 10.9. The molecule has 19 heavy (non-hydrogen) atoms.